The fraction of sp³-hybridized carbons (Fsp3) is 0. The molecule has 0 heterocycles. The predicted molar refractivity (Wildman–Crippen MR) is 84.4 cm³/mol. The Hall–Kier alpha value is -3.10. The van der Waals surface area contributed by atoms with Gasteiger partial charge in [-0.25, -0.2) is 0 Å². The van der Waals surface area contributed by atoms with Crippen LogP contribution in [0.3, 0.4) is 0 Å². The monoisotopic (exact) mass is 325 g/mol. The molecule has 6 heteroatoms. The molecular formula is C17H10ClN2O3-. The van der Waals surface area contributed by atoms with Crippen molar-refractivity contribution in [2.45, 2.75) is 0 Å². The second-order valence-corrected chi connectivity index (χ2v) is 4.89. The average molecular weight is 326 g/mol. The molecule has 2 rings (SSSR count). The second-order valence-electron chi connectivity index (χ2n) is 4.48. The summed E-state index contributed by atoms with van der Waals surface area (Å²) in [4.78, 5) is 23.2. The third-order valence-corrected chi connectivity index (χ3v) is 3.31. The maximum Gasteiger partial charge on any atom is 0.266 e. The standard InChI is InChI=1S/C17H11ClN2O3/c18-14-7-3-1-5-11(14)9-12(10-19)16(21)20-15-8-4-2-6-13(15)17(22)23/h1-9H,(H,20,21)(H,22,23)/p-1/b12-9+. The van der Waals surface area contributed by atoms with Crippen LogP contribution in [0, 0.1) is 11.3 Å². The van der Waals surface area contributed by atoms with E-state index in [0.29, 0.717) is 10.6 Å². The van der Waals surface area contributed by atoms with Gasteiger partial charge in [0.1, 0.15) is 11.6 Å². The second kappa shape index (κ2) is 7.25. The third-order valence-electron chi connectivity index (χ3n) is 2.97. The lowest BCUT2D eigenvalue weighted by atomic mass is 10.1. The van der Waals surface area contributed by atoms with Crippen LogP contribution in [0.2, 0.25) is 5.02 Å². The lowest BCUT2D eigenvalue weighted by Crippen LogP contribution is -2.25. The first kappa shape index (κ1) is 16.3. The van der Waals surface area contributed by atoms with Crippen LogP contribution in [0.1, 0.15) is 15.9 Å². The number of anilines is 1. The minimum atomic E-state index is -1.42. The first-order valence-corrected chi connectivity index (χ1v) is 6.88. The van der Waals surface area contributed by atoms with Crippen LogP contribution in [-0.2, 0) is 4.79 Å². The van der Waals surface area contributed by atoms with Crippen molar-refractivity contribution in [2.75, 3.05) is 5.32 Å². The van der Waals surface area contributed by atoms with Gasteiger partial charge in [-0.05, 0) is 23.8 Å². The van der Waals surface area contributed by atoms with E-state index in [0.717, 1.165) is 0 Å². The number of carbonyl (C=O) groups excluding carboxylic acids is 2. The number of aromatic carboxylic acids is 1. The van der Waals surface area contributed by atoms with E-state index >= 15 is 0 Å². The van der Waals surface area contributed by atoms with Crippen LogP contribution in [0.5, 0.6) is 0 Å². The predicted octanol–water partition coefficient (Wildman–Crippen LogP) is 2.25. The molecule has 0 radical (unpaired) electrons. The number of rotatable bonds is 4. The molecule has 0 saturated carbocycles. The van der Waals surface area contributed by atoms with Crippen LogP contribution in [0.4, 0.5) is 5.69 Å². The molecule has 0 spiro atoms. The molecule has 0 atom stereocenters. The van der Waals surface area contributed by atoms with Crippen molar-refractivity contribution in [3.63, 3.8) is 0 Å². The van der Waals surface area contributed by atoms with E-state index in [9.17, 15) is 14.7 Å². The van der Waals surface area contributed by atoms with E-state index in [1.165, 1.54) is 24.3 Å². The summed E-state index contributed by atoms with van der Waals surface area (Å²) < 4.78 is 0. The lowest BCUT2D eigenvalue weighted by Gasteiger charge is -2.11. The Balaban J connectivity index is 2.31. The zero-order valence-electron chi connectivity index (χ0n) is 11.7. The fourth-order valence-electron chi connectivity index (χ4n) is 1.86. The van der Waals surface area contributed by atoms with Crippen molar-refractivity contribution in [3.05, 3.63) is 70.3 Å². The van der Waals surface area contributed by atoms with Crippen LogP contribution < -0.4 is 10.4 Å². The number of para-hydroxylation sites is 1. The molecule has 0 fully saturated rings. The summed E-state index contributed by atoms with van der Waals surface area (Å²) in [6, 6.07) is 14.3. The van der Waals surface area contributed by atoms with E-state index in [1.54, 1.807) is 36.4 Å². The Labute approximate surface area is 137 Å². The summed E-state index contributed by atoms with van der Waals surface area (Å²) in [6.45, 7) is 0. The number of carboxylic acids is 1. The summed E-state index contributed by atoms with van der Waals surface area (Å²) in [5, 5.41) is 23.0. The van der Waals surface area contributed by atoms with Gasteiger partial charge >= 0.3 is 0 Å². The van der Waals surface area contributed by atoms with Gasteiger partial charge in [0.2, 0.25) is 0 Å². The Morgan fingerprint density at radius 2 is 1.78 bits per heavy atom. The highest BCUT2D eigenvalue weighted by atomic mass is 35.5. The highest BCUT2D eigenvalue weighted by Crippen LogP contribution is 2.20. The molecule has 0 aliphatic carbocycles. The summed E-state index contributed by atoms with van der Waals surface area (Å²) in [7, 11) is 0. The molecule has 5 nitrogen and oxygen atoms in total. The van der Waals surface area contributed by atoms with Gasteiger partial charge in [0.25, 0.3) is 5.91 Å². The van der Waals surface area contributed by atoms with E-state index in [1.807, 2.05) is 0 Å². The van der Waals surface area contributed by atoms with Crippen molar-refractivity contribution in [2.24, 2.45) is 0 Å². The van der Waals surface area contributed by atoms with E-state index in [4.69, 9.17) is 16.9 Å². The molecule has 114 valence electrons. The SMILES string of the molecule is N#C/C(=C\c1ccccc1Cl)C(=O)Nc1ccccc1C(=O)[O-]. The van der Waals surface area contributed by atoms with Gasteiger partial charge < -0.3 is 15.2 Å². The number of carbonyl (C=O) groups is 2. The van der Waals surface area contributed by atoms with Gasteiger partial charge in [-0.1, -0.05) is 48.0 Å². The molecule has 23 heavy (non-hydrogen) atoms. The Kier molecular flexibility index (Phi) is 5.13. The quantitative estimate of drug-likeness (QED) is 0.689. The third kappa shape index (κ3) is 3.96. The largest absolute Gasteiger partial charge is 0.545 e. The number of hydrogen-bond donors (Lipinski definition) is 1. The van der Waals surface area contributed by atoms with Crippen LogP contribution in [-0.4, -0.2) is 11.9 Å². The van der Waals surface area contributed by atoms with Gasteiger partial charge in [-0.2, -0.15) is 5.26 Å². The molecule has 0 aromatic heterocycles. The zero-order valence-corrected chi connectivity index (χ0v) is 12.5. The van der Waals surface area contributed by atoms with Gasteiger partial charge in [-0.3, -0.25) is 4.79 Å². The van der Waals surface area contributed by atoms with Gasteiger partial charge in [0.05, 0.1) is 11.7 Å². The van der Waals surface area contributed by atoms with Gasteiger partial charge in [-0.15, -0.1) is 0 Å². The molecular weight excluding hydrogens is 316 g/mol. The number of amides is 1. The van der Waals surface area contributed by atoms with Crippen molar-refractivity contribution >= 4 is 35.2 Å². The molecule has 0 unspecified atom stereocenters. The average Bonchev–Trinajstić information content (AvgIpc) is 2.54. The normalized spacial score (nSPS) is 10.7. The number of halogens is 1. The van der Waals surface area contributed by atoms with Crippen LogP contribution >= 0.6 is 11.6 Å². The molecule has 0 aliphatic rings. The van der Waals surface area contributed by atoms with Crippen LogP contribution in [0.15, 0.2) is 54.1 Å². The number of hydrogen-bond acceptors (Lipinski definition) is 4. The number of benzene rings is 2. The molecule has 2 aromatic rings. The first-order chi connectivity index (χ1) is 11.0. The number of nitrogens with one attached hydrogen (secondary N) is 1. The van der Waals surface area contributed by atoms with Gasteiger partial charge in [0, 0.05) is 10.6 Å². The summed E-state index contributed by atoms with van der Waals surface area (Å²) in [5.41, 5.74) is 0.189. The minimum Gasteiger partial charge on any atom is -0.545 e. The van der Waals surface area contributed by atoms with E-state index in [-0.39, 0.29) is 16.8 Å². The van der Waals surface area contributed by atoms with Crippen molar-refractivity contribution in [1.29, 1.82) is 5.26 Å². The summed E-state index contributed by atoms with van der Waals surface area (Å²) in [5.74, 6) is -2.16. The molecule has 0 saturated heterocycles. The topological polar surface area (TPSA) is 93.0 Å². The highest BCUT2D eigenvalue weighted by molar-refractivity contribution is 6.32. The number of carboxylic acid groups (broad SMARTS) is 1. The van der Waals surface area contributed by atoms with Gasteiger partial charge in [0.15, 0.2) is 0 Å². The minimum absolute atomic E-state index is 0.0535. The zero-order chi connectivity index (χ0) is 16.8. The lowest BCUT2D eigenvalue weighted by molar-refractivity contribution is -0.254. The van der Waals surface area contributed by atoms with E-state index in [2.05, 4.69) is 5.32 Å². The Bertz CT molecular complexity index is 838. The fourth-order valence-corrected chi connectivity index (χ4v) is 2.05. The summed E-state index contributed by atoms with van der Waals surface area (Å²) >= 11 is 5.99. The Morgan fingerprint density at radius 3 is 2.43 bits per heavy atom. The van der Waals surface area contributed by atoms with Crippen molar-refractivity contribution in [3.8, 4) is 6.07 Å². The Morgan fingerprint density at radius 1 is 1.13 bits per heavy atom. The molecule has 0 bridgehead atoms. The molecule has 1 N–H and O–H groups in total. The maximum atomic E-state index is 12.2. The maximum absolute atomic E-state index is 12.2. The van der Waals surface area contributed by atoms with Crippen LogP contribution in [0.25, 0.3) is 6.08 Å². The van der Waals surface area contributed by atoms with E-state index < -0.39 is 11.9 Å². The van der Waals surface area contributed by atoms with Crippen molar-refractivity contribution in [1.82, 2.24) is 0 Å². The number of nitrogens with zero attached hydrogens (tertiary/aromatic N) is 1. The first-order valence-electron chi connectivity index (χ1n) is 6.51. The molecule has 0 aliphatic heterocycles. The smallest absolute Gasteiger partial charge is 0.266 e. The molecule has 2 aromatic carbocycles. The summed E-state index contributed by atoms with van der Waals surface area (Å²) in [6.07, 6.45) is 1.33. The number of nitriles is 1. The highest BCUT2D eigenvalue weighted by Gasteiger charge is 2.12. The van der Waals surface area contributed by atoms with Crippen molar-refractivity contribution < 1.29 is 14.7 Å². The molecule has 1 amide bonds.